The topological polar surface area (TPSA) is 86.8 Å². The quantitative estimate of drug-likeness (QED) is 0.705. The van der Waals surface area contributed by atoms with Crippen molar-refractivity contribution in [3.05, 3.63) is 65.2 Å². The second-order valence-electron chi connectivity index (χ2n) is 8.79. The van der Waals surface area contributed by atoms with Crippen LogP contribution in [0.5, 0.6) is 0 Å². The van der Waals surface area contributed by atoms with E-state index >= 15 is 0 Å². The lowest BCUT2D eigenvalue weighted by molar-refractivity contribution is -0.133. The molecule has 33 heavy (non-hydrogen) atoms. The highest BCUT2D eigenvalue weighted by atomic mass is 32.2. The fourth-order valence-corrected chi connectivity index (χ4v) is 6.16. The van der Waals surface area contributed by atoms with Crippen LogP contribution in [0.4, 0.5) is 0 Å². The fraction of sp³-hybridized carbons (Fsp3) is 0.440. The predicted molar refractivity (Wildman–Crippen MR) is 126 cm³/mol. The Labute approximate surface area is 195 Å². The molecule has 1 aliphatic heterocycles. The molecule has 1 fully saturated rings. The highest BCUT2D eigenvalue weighted by Crippen LogP contribution is 2.26. The van der Waals surface area contributed by atoms with E-state index in [9.17, 15) is 18.0 Å². The van der Waals surface area contributed by atoms with Crippen molar-refractivity contribution in [2.24, 2.45) is 0 Å². The molecule has 0 bridgehead atoms. The third-order valence-electron chi connectivity index (χ3n) is 6.51. The normalized spacial score (nSPS) is 17.8. The Morgan fingerprint density at radius 1 is 0.939 bits per heavy atom. The van der Waals surface area contributed by atoms with Gasteiger partial charge in [-0.15, -0.1) is 0 Å². The molecule has 1 saturated heterocycles. The summed E-state index contributed by atoms with van der Waals surface area (Å²) in [5.41, 5.74) is 3.26. The fourth-order valence-electron chi connectivity index (χ4n) is 4.68. The first kappa shape index (κ1) is 23.4. The predicted octanol–water partition coefficient (Wildman–Crippen LogP) is 2.67. The van der Waals surface area contributed by atoms with Gasteiger partial charge in [0.2, 0.25) is 21.8 Å². The zero-order chi connectivity index (χ0) is 23.4. The molecule has 0 aromatic heterocycles. The van der Waals surface area contributed by atoms with Gasteiger partial charge in [0.15, 0.2) is 0 Å². The summed E-state index contributed by atoms with van der Waals surface area (Å²) >= 11 is 0. The van der Waals surface area contributed by atoms with E-state index in [1.165, 1.54) is 16.8 Å². The number of hydrogen-bond donors (Lipinski definition) is 1. The minimum atomic E-state index is -3.59. The average molecular weight is 470 g/mol. The Hall–Kier alpha value is -2.71. The SMILES string of the molecule is CC(=O)N[C@H](CC(=O)N1CCN(S(=O)(=O)c2ccc3c(c2)CCCC3)CC1)c1ccccc1. The summed E-state index contributed by atoms with van der Waals surface area (Å²) in [5, 5.41) is 2.85. The van der Waals surface area contributed by atoms with Gasteiger partial charge in [-0.25, -0.2) is 8.42 Å². The maximum absolute atomic E-state index is 13.2. The monoisotopic (exact) mass is 469 g/mol. The molecule has 176 valence electrons. The minimum absolute atomic E-state index is 0.0940. The number of sulfonamides is 1. The molecule has 4 rings (SSSR count). The molecule has 2 amide bonds. The van der Waals surface area contributed by atoms with Crippen LogP contribution < -0.4 is 5.32 Å². The minimum Gasteiger partial charge on any atom is -0.349 e. The number of carbonyl (C=O) groups excluding carboxylic acids is 2. The van der Waals surface area contributed by atoms with Crippen molar-refractivity contribution in [2.75, 3.05) is 26.2 Å². The summed E-state index contributed by atoms with van der Waals surface area (Å²) in [6, 6.07) is 14.5. The van der Waals surface area contributed by atoms with Crippen molar-refractivity contribution in [3.63, 3.8) is 0 Å². The van der Waals surface area contributed by atoms with Gasteiger partial charge in [-0.05, 0) is 54.5 Å². The van der Waals surface area contributed by atoms with E-state index in [2.05, 4.69) is 5.32 Å². The molecular formula is C25H31N3O4S. The van der Waals surface area contributed by atoms with E-state index in [4.69, 9.17) is 0 Å². The summed E-state index contributed by atoms with van der Waals surface area (Å²) in [4.78, 5) is 26.6. The summed E-state index contributed by atoms with van der Waals surface area (Å²) in [7, 11) is -3.59. The van der Waals surface area contributed by atoms with Crippen LogP contribution in [0, 0.1) is 0 Å². The van der Waals surface area contributed by atoms with E-state index < -0.39 is 16.1 Å². The number of rotatable bonds is 6. The Morgan fingerprint density at radius 2 is 1.61 bits per heavy atom. The van der Waals surface area contributed by atoms with Gasteiger partial charge >= 0.3 is 0 Å². The molecule has 2 aromatic rings. The van der Waals surface area contributed by atoms with E-state index in [0.29, 0.717) is 18.0 Å². The molecule has 0 radical (unpaired) electrons. The van der Waals surface area contributed by atoms with Crippen molar-refractivity contribution in [1.82, 2.24) is 14.5 Å². The van der Waals surface area contributed by atoms with Gasteiger partial charge in [0.25, 0.3) is 0 Å². The largest absolute Gasteiger partial charge is 0.349 e. The van der Waals surface area contributed by atoms with Crippen LogP contribution in [-0.2, 0) is 32.5 Å². The van der Waals surface area contributed by atoms with Gasteiger partial charge in [-0.2, -0.15) is 4.31 Å². The number of carbonyl (C=O) groups is 2. The smallest absolute Gasteiger partial charge is 0.243 e. The molecule has 0 saturated carbocycles. The van der Waals surface area contributed by atoms with Crippen molar-refractivity contribution in [3.8, 4) is 0 Å². The molecule has 1 N–H and O–H groups in total. The lowest BCUT2D eigenvalue weighted by Crippen LogP contribution is -2.51. The van der Waals surface area contributed by atoms with Gasteiger partial charge in [-0.1, -0.05) is 36.4 Å². The second-order valence-corrected chi connectivity index (χ2v) is 10.7. The molecule has 7 nitrogen and oxygen atoms in total. The highest BCUT2D eigenvalue weighted by molar-refractivity contribution is 7.89. The van der Waals surface area contributed by atoms with Gasteiger partial charge < -0.3 is 10.2 Å². The molecule has 0 unspecified atom stereocenters. The molecule has 1 heterocycles. The first-order valence-corrected chi connectivity index (χ1v) is 13.0. The summed E-state index contributed by atoms with van der Waals surface area (Å²) in [5.74, 6) is -0.291. The van der Waals surface area contributed by atoms with Crippen molar-refractivity contribution >= 4 is 21.8 Å². The molecule has 2 aromatic carbocycles. The van der Waals surface area contributed by atoms with Crippen LogP contribution in [0.25, 0.3) is 0 Å². The van der Waals surface area contributed by atoms with Crippen LogP contribution in [-0.4, -0.2) is 55.6 Å². The molecular weight excluding hydrogens is 438 g/mol. The van der Waals surface area contributed by atoms with Crippen LogP contribution in [0.15, 0.2) is 53.4 Å². The lowest BCUT2D eigenvalue weighted by Gasteiger charge is -2.35. The molecule has 1 atom stereocenters. The van der Waals surface area contributed by atoms with Crippen LogP contribution in [0.3, 0.4) is 0 Å². The van der Waals surface area contributed by atoms with E-state index in [0.717, 1.165) is 36.8 Å². The van der Waals surface area contributed by atoms with Gasteiger partial charge in [0, 0.05) is 33.1 Å². The maximum Gasteiger partial charge on any atom is 0.243 e. The average Bonchev–Trinajstić information content (AvgIpc) is 2.83. The Bertz CT molecular complexity index is 1110. The Kier molecular flexibility index (Phi) is 7.14. The van der Waals surface area contributed by atoms with Gasteiger partial charge in [0.1, 0.15) is 0 Å². The molecule has 0 spiro atoms. The lowest BCUT2D eigenvalue weighted by atomic mass is 9.92. The molecule has 1 aliphatic carbocycles. The third kappa shape index (κ3) is 5.45. The summed E-state index contributed by atoms with van der Waals surface area (Å²) in [6.45, 7) is 2.64. The zero-order valence-corrected chi connectivity index (χ0v) is 19.8. The van der Waals surface area contributed by atoms with E-state index in [-0.39, 0.29) is 31.3 Å². The number of benzene rings is 2. The van der Waals surface area contributed by atoms with E-state index in [1.807, 2.05) is 42.5 Å². The van der Waals surface area contributed by atoms with Crippen molar-refractivity contribution in [1.29, 1.82) is 0 Å². The molecule has 8 heteroatoms. The number of hydrogen-bond acceptors (Lipinski definition) is 4. The zero-order valence-electron chi connectivity index (χ0n) is 19.0. The number of fused-ring (bicyclic) bond motifs is 1. The number of nitrogens with zero attached hydrogens (tertiary/aromatic N) is 2. The molecule has 2 aliphatic rings. The maximum atomic E-state index is 13.2. The summed E-state index contributed by atoms with van der Waals surface area (Å²) < 4.78 is 27.9. The Balaban J connectivity index is 1.39. The second kappa shape index (κ2) is 10.1. The number of aryl methyl sites for hydroxylation is 2. The van der Waals surface area contributed by atoms with Crippen LogP contribution in [0.2, 0.25) is 0 Å². The number of amides is 2. The number of nitrogens with one attached hydrogen (secondary N) is 1. The standard InChI is InChI=1S/C25H31N3O4S/c1-19(29)26-24(21-8-3-2-4-9-21)18-25(30)27-13-15-28(16-14-27)33(31,32)23-12-11-20-7-5-6-10-22(20)17-23/h2-4,8-9,11-12,17,24H,5-7,10,13-16,18H2,1H3,(H,26,29)/t24-/m1/s1. The number of piperazine rings is 1. The summed E-state index contributed by atoms with van der Waals surface area (Å²) in [6.07, 6.45) is 4.33. The Morgan fingerprint density at radius 3 is 2.27 bits per heavy atom. The van der Waals surface area contributed by atoms with Crippen LogP contribution >= 0.6 is 0 Å². The highest BCUT2D eigenvalue weighted by Gasteiger charge is 2.31. The van der Waals surface area contributed by atoms with E-state index in [1.54, 1.807) is 11.0 Å². The third-order valence-corrected chi connectivity index (χ3v) is 8.40. The first-order chi connectivity index (χ1) is 15.8. The van der Waals surface area contributed by atoms with Gasteiger partial charge in [-0.3, -0.25) is 9.59 Å². The van der Waals surface area contributed by atoms with Crippen LogP contribution in [0.1, 0.15) is 48.9 Å². The van der Waals surface area contributed by atoms with Crippen molar-refractivity contribution in [2.45, 2.75) is 50.0 Å². The van der Waals surface area contributed by atoms with Gasteiger partial charge in [0.05, 0.1) is 17.4 Å². The first-order valence-electron chi connectivity index (χ1n) is 11.6. The van der Waals surface area contributed by atoms with Crippen molar-refractivity contribution < 1.29 is 18.0 Å².